The molecule has 0 spiro atoms. The van der Waals surface area contributed by atoms with Crippen molar-refractivity contribution in [2.24, 2.45) is 0 Å². The number of ether oxygens (including phenoxy) is 2. The van der Waals surface area contributed by atoms with Gasteiger partial charge in [0.15, 0.2) is 6.29 Å². The summed E-state index contributed by atoms with van der Waals surface area (Å²) in [6, 6.07) is -0.824. The van der Waals surface area contributed by atoms with Gasteiger partial charge in [0.1, 0.15) is 24.4 Å². The highest BCUT2D eigenvalue weighted by atomic mass is 16.7. The minimum Gasteiger partial charge on any atom is -0.394 e. The highest BCUT2D eigenvalue weighted by Crippen LogP contribution is 2.23. The van der Waals surface area contributed by atoms with Crippen LogP contribution in [0.4, 0.5) is 0 Å². The number of amides is 1. The van der Waals surface area contributed by atoms with Gasteiger partial charge in [0.25, 0.3) is 0 Å². The molecule has 1 heterocycles. The number of unbranched alkanes of at least 4 members (excludes halogenated alkanes) is 33. The Labute approximate surface area is 400 Å². The van der Waals surface area contributed by atoms with Gasteiger partial charge in [-0.2, -0.15) is 0 Å². The Bertz CT molecular complexity index is 1110. The Morgan fingerprint density at radius 1 is 0.508 bits per heavy atom. The molecular weight excluding hydrogens is 815 g/mol. The van der Waals surface area contributed by atoms with E-state index in [9.17, 15) is 30.3 Å². The lowest BCUT2D eigenvalue weighted by Gasteiger charge is -2.40. The van der Waals surface area contributed by atoms with Crippen molar-refractivity contribution in [3.8, 4) is 0 Å². The standard InChI is InChI=1S/C56H105NO8/c1-3-5-7-9-11-13-15-16-17-18-19-20-21-22-23-24-25-26-27-28-29-30-31-32-33-34-36-38-40-42-44-46-52(60)57-49(48-64-56-55(63)54(62)53(61)51(47-58)65-56)50(59)45-43-41-39-37-35-14-12-10-8-6-4-2/h8,10,35,37,43,45,49-51,53-56,58-59,61-63H,3-7,9,11-34,36,38-42,44,46-48H2,1-2H3,(H,57,60)/b10-8+,37-35+,45-43+. The number of hydrogen-bond donors (Lipinski definition) is 6. The summed E-state index contributed by atoms with van der Waals surface area (Å²) in [5.74, 6) is -0.189. The normalized spacial score (nSPS) is 20.1. The molecule has 7 atom stereocenters. The molecular formula is C56H105NO8. The largest absolute Gasteiger partial charge is 0.394 e. The Balaban J connectivity index is 2.11. The smallest absolute Gasteiger partial charge is 0.220 e. The van der Waals surface area contributed by atoms with Crippen molar-refractivity contribution in [1.29, 1.82) is 0 Å². The molecule has 6 N–H and O–H groups in total. The summed E-state index contributed by atoms with van der Waals surface area (Å²) in [5.41, 5.74) is 0. The molecule has 9 nitrogen and oxygen atoms in total. The zero-order valence-electron chi connectivity index (χ0n) is 42.3. The number of aliphatic hydroxyl groups is 5. The zero-order valence-corrected chi connectivity index (χ0v) is 42.3. The van der Waals surface area contributed by atoms with Crippen LogP contribution in [0.3, 0.4) is 0 Å². The van der Waals surface area contributed by atoms with E-state index in [1.807, 2.05) is 6.08 Å². The van der Waals surface area contributed by atoms with Crippen molar-refractivity contribution < 1.29 is 39.8 Å². The fourth-order valence-electron chi connectivity index (χ4n) is 8.79. The van der Waals surface area contributed by atoms with Crippen LogP contribution in [0.15, 0.2) is 36.5 Å². The number of aliphatic hydroxyl groups excluding tert-OH is 5. The summed E-state index contributed by atoms with van der Waals surface area (Å²) in [4.78, 5) is 13.0. The minimum absolute atomic E-state index is 0.189. The Hall–Kier alpha value is -1.59. The van der Waals surface area contributed by atoms with Gasteiger partial charge in [-0.05, 0) is 38.5 Å². The molecule has 1 aliphatic heterocycles. The lowest BCUT2D eigenvalue weighted by molar-refractivity contribution is -0.302. The van der Waals surface area contributed by atoms with Crippen molar-refractivity contribution in [3.63, 3.8) is 0 Å². The van der Waals surface area contributed by atoms with Crippen LogP contribution in [-0.4, -0.2) is 87.5 Å². The Morgan fingerprint density at radius 2 is 0.877 bits per heavy atom. The van der Waals surface area contributed by atoms with Crippen LogP contribution in [-0.2, 0) is 14.3 Å². The first-order valence-corrected chi connectivity index (χ1v) is 27.7. The van der Waals surface area contributed by atoms with Crippen LogP contribution in [0.1, 0.15) is 258 Å². The van der Waals surface area contributed by atoms with Crippen LogP contribution < -0.4 is 5.32 Å². The summed E-state index contributed by atoms with van der Waals surface area (Å²) >= 11 is 0. The topological polar surface area (TPSA) is 149 Å². The van der Waals surface area contributed by atoms with Gasteiger partial charge in [-0.3, -0.25) is 4.79 Å². The number of rotatable bonds is 47. The molecule has 1 saturated heterocycles. The maximum absolute atomic E-state index is 13.0. The Morgan fingerprint density at radius 3 is 1.26 bits per heavy atom. The summed E-state index contributed by atoms with van der Waals surface area (Å²) in [7, 11) is 0. The second-order valence-corrected chi connectivity index (χ2v) is 19.4. The Kier molecular flexibility index (Phi) is 43.6. The van der Waals surface area contributed by atoms with Gasteiger partial charge in [-0.15, -0.1) is 0 Å². The second kappa shape index (κ2) is 46.2. The molecule has 0 saturated carbocycles. The molecule has 0 radical (unpaired) electrons. The first kappa shape index (κ1) is 61.4. The van der Waals surface area contributed by atoms with E-state index in [0.29, 0.717) is 6.42 Å². The molecule has 0 bridgehead atoms. The molecule has 65 heavy (non-hydrogen) atoms. The van der Waals surface area contributed by atoms with E-state index >= 15 is 0 Å². The fraction of sp³-hybridized carbons (Fsp3) is 0.875. The SMILES string of the molecule is CCC/C=C/CC/C=C/CC/C=C/C(O)C(COC1OC(CO)C(O)C(O)C1O)NC(=O)CCCCCCCCCCCCCCCCCCCCCCCCCCCCCCCCC. The van der Waals surface area contributed by atoms with Gasteiger partial charge in [0.2, 0.25) is 5.91 Å². The molecule has 382 valence electrons. The summed E-state index contributed by atoms with van der Waals surface area (Å²) in [6.45, 7) is 3.69. The van der Waals surface area contributed by atoms with E-state index < -0.39 is 49.5 Å². The van der Waals surface area contributed by atoms with Crippen LogP contribution in [0.25, 0.3) is 0 Å². The number of nitrogens with one attached hydrogen (secondary N) is 1. The van der Waals surface area contributed by atoms with Crippen molar-refractivity contribution in [2.75, 3.05) is 13.2 Å². The third-order valence-electron chi connectivity index (χ3n) is 13.2. The highest BCUT2D eigenvalue weighted by Gasteiger charge is 2.44. The number of hydrogen-bond acceptors (Lipinski definition) is 8. The summed E-state index contributed by atoms with van der Waals surface area (Å²) in [6.07, 6.45) is 52.4. The molecule has 9 heteroatoms. The van der Waals surface area contributed by atoms with Crippen molar-refractivity contribution >= 4 is 5.91 Å². The lowest BCUT2D eigenvalue weighted by Crippen LogP contribution is -2.60. The second-order valence-electron chi connectivity index (χ2n) is 19.4. The maximum atomic E-state index is 13.0. The highest BCUT2D eigenvalue weighted by molar-refractivity contribution is 5.76. The lowest BCUT2D eigenvalue weighted by atomic mass is 9.99. The number of allylic oxidation sites excluding steroid dienone is 5. The molecule has 1 rings (SSSR count). The molecule has 1 fully saturated rings. The van der Waals surface area contributed by atoms with E-state index in [-0.39, 0.29) is 12.5 Å². The van der Waals surface area contributed by atoms with E-state index in [2.05, 4.69) is 43.5 Å². The van der Waals surface area contributed by atoms with Crippen LogP contribution >= 0.6 is 0 Å². The average Bonchev–Trinajstić information content (AvgIpc) is 3.31. The summed E-state index contributed by atoms with van der Waals surface area (Å²) < 4.78 is 11.2. The van der Waals surface area contributed by atoms with Crippen LogP contribution in [0, 0.1) is 0 Å². The number of carbonyl (C=O) groups excluding carboxylic acids is 1. The molecule has 0 aromatic carbocycles. The summed E-state index contributed by atoms with van der Waals surface area (Å²) in [5, 5.41) is 54.2. The van der Waals surface area contributed by atoms with Gasteiger partial charge in [-0.1, -0.05) is 249 Å². The van der Waals surface area contributed by atoms with E-state index in [1.54, 1.807) is 6.08 Å². The first-order chi connectivity index (χ1) is 31.8. The molecule has 0 aromatic rings. The molecule has 1 aliphatic rings. The van der Waals surface area contributed by atoms with E-state index in [4.69, 9.17) is 9.47 Å². The van der Waals surface area contributed by atoms with E-state index in [1.165, 1.54) is 180 Å². The number of carbonyl (C=O) groups is 1. The first-order valence-electron chi connectivity index (χ1n) is 27.7. The maximum Gasteiger partial charge on any atom is 0.220 e. The fourth-order valence-corrected chi connectivity index (χ4v) is 8.79. The van der Waals surface area contributed by atoms with Crippen LogP contribution in [0.5, 0.6) is 0 Å². The van der Waals surface area contributed by atoms with Gasteiger partial charge < -0.3 is 40.3 Å². The van der Waals surface area contributed by atoms with E-state index in [0.717, 1.165) is 57.8 Å². The third kappa shape index (κ3) is 36.1. The van der Waals surface area contributed by atoms with Gasteiger partial charge >= 0.3 is 0 Å². The van der Waals surface area contributed by atoms with Gasteiger partial charge in [0.05, 0.1) is 25.4 Å². The zero-order chi connectivity index (χ0) is 47.3. The molecule has 0 aliphatic carbocycles. The quantitative estimate of drug-likeness (QED) is 0.0261. The van der Waals surface area contributed by atoms with Crippen molar-refractivity contribution in [1.82, 2.24) is 5.32 Å². The van der Waals surface area contributed by atoms with Crippen LogP contribution in [0.2, 0.25) is 0 Å². The predicted molar refractivity (Wildman–Crippen MR) is 272 cm³/mol. The van der Waals surface area contributed by atoms with Crippen molar-refractivity contribution in [3.05, 3.63) is 36.5 Å². The molecule has 0 aromatic heterocycles. The predicted octanol–water partition coefficient (Wildman–Crippen LogP) is 13.2. The third-order valence-corrected chi connectivity index (χ3v) is 13.2. The van der Waals surface area contributed by atoms with Gasteiger partial charge in [-0.25, -0.2) is 0 Å². The average molecular weight is 920 g/mol. The molecule has 1 amide bonds. The van der Waals surface area contributed by atoms with Gasteiger partial charge in [0, 0.05) is 6.42 Å². The van der Waals surface area contributed by atoms with Crippen molar-refractivity contribution in [2.45, 2.75) is 301 Å². The monoisotopic (exact) mass is 920 g/mol. The molecule has 7 unspecified atom stereocenters. The minimum atomic E-state index is -1.57.